The number of hydrogen-bond acceptors (Lipinski definition) is 5. The molecule has 0 aliphatic rings. The molecule has 1 unspecified atom stereocenters. The summed E-state index contributed by atoms with van der Waals surface area (Å²) >= 11 is 1.58. The van der Waals surface area contributed by atoms with Crippen LogP contribution in [0.1, 0.15) is 25.2 Å². The number of aromatic nitrogens is 2. The van der Waals surface area contributed by atoms with Gasteiger partial charge < -0.3 is 11.1 Å². The lowest BCUT2D eigenvalue weighted by molar-refractivity contribution is -0.119. The molecule has 2 aromatic heterocycles. The van der Waals surface area contributed by atoms with Crippen LogP contribution in [0.25, 0.3) is 10.2 Å². The summed E-state index contributed by atoms with van der Waals surface area (Å²) in [5.74, 6) is 1.11. The minimum Gasteiger partial charge on any atom is -0.368 e. The molecule has 1 amide bonds. The van der Waals surface area contributed by atoms with Gasteiger partial charge in [0.25, 0.3) is 0 Å². The maximum Gasteiger partial charge on any atom is 0.240 e. The molecule has 0 aliphatic heterocycles. The Kier molecular flexibility index (Phi) is 3.71. The van der Waals surface area contributed by atoms with Crippen molar-refractivity contribution in [2.75, 3.05) is 5.32 Å². The SMILES string of the molecule is Cc1nc(NC(C(N)=O)C(C)C)c2c(C)csc2n1. The van der Waals surface area contributed by atoms with Crippen molar-refractivity contribution in [3.63, 3.8) is 0 Å². The molecule has 0 aliphatic carbocycles. The van der Waals surface area contributed by atoms with Gasteiger partial charge in [-0.3, -0.25) is 4.79 Å². The number of anilines is 1. The Morgan fingerprint density at radius 1 is 1.37 bits per heavy atom. The summed E-state index contributed by atoms with van der Waals surface area (Å²) in [6.07, 6.45) is 0. The number of primary amides is 1. The maximum atomic E-state index is 11.5. The van der Waals surface area contributed by atoms with E-state index in [2.05, 4.69) is 15.3 Å². The van der Waals surface area contributed by atoms with E-state index in [0.29, 0.717) is 11.6 Å². The summed E-state index contributed by atoms with van der Waals surface area (Å²) < 4.78 is 0. The lowest BCUT2D eigenvalue weighted by Crippen LogP contribution is -2.39. The molecule has 6 heteroatoms. The van der Waals surface area contributed by atoms with Crippen molar-refractivity contribution in [2.24, 2.45) is 11.7 Å². The number of aryl methyl sites for hydroxylation is 2. The molecular formula is C13H18N4OS. The highest BCUT2D eigenvalue weighted by Gasteiger charge is 2.21. The average molecular weight is 278 g/mol. The van der Waals surface area contributed by atoms with E-state index in [-0.39, 0.29) is 11.8 Å². The van der Waals surface area contributed by atoms with Gasteiger partial charge in [-0.1, -0.05) is 13.8 Å². The van der Waals surface area contributed by atoms with Gasteiger partial charge in [0.2, 0.25) is 5.91 Å². The third-order valence-corrected chi connectivity index (χ3v) is 3.98. The van der Waals surface area contributed by atoms with Crippen molar-refractivity contribution in [1.82, 2.24) is 9.97 Å². The van der Waals surface area contributed by atoms with E-state index in [9.17, 15) is 4.79 Å². The number of hydrogen-bond donors (Lipinski definition) is 2. The van der Waals surface area contributed by atoms with E-state index in [0.717, 1.165) is 15.8 Å². The van der Waals surface area contributed by atoms with E-state index in [1.165, 1.54) is 0 Å². The third-order valence-electron chi connectivity index (χ3n) is 2.99. The fraction of sp³-hybridized carbons (Fsp3) is 0.462. The molecule has 19 heavy (non-hydrogen) atoms. The number of rotatable bonds is 4. The second kappa shape index (κ2) is 5.13. The number of amides is 1. The fourth-order valence-electron chi connectivity index (χ4n) is 2.01. The topological polar surface area (TPSA) is 80.9 Å². The molecule has 0 saturated heterocycles. The quantitative estimate of drug-likeness (QED) is 0.898. The van der Waals surface area contributed by atoms with E-state index in [1.807, 2.05) is 33.1 Å². The molecule has 0 aromatic carbocycles. The zero-order valence-electron chi connectivity index (χ0n) is 11.5. The molecule has 2 heterocycles. The van der Waals surface area contributed by atoms with Gasteiger partial charge in [-0.25, -0.2) is 9.97 Å². The number of carbonyl (C=O) groups excluding carboxylic acids is 1. The summed E-state index contributed by atoms with van der Waals surface area (Å²) in [5, 5.41) is 6.18. The highest BCUT2D eigenvalue weighted by molar-refractivity contribution is 7.17. The molecule has 0 saturated carbocycles. The van der Waals surface area contributed by atoms with Crippen molar-refractivity contribution < 1.29 is 4.79 Å². The molecule has 0 fully saturated rings. The highest BCUT2D eigenvalue weighted by Crippen LogP contribution is 2.30. The predicted molar refractivity (Wildman–Crippen MR) is 78.3 cm³/mol. The minimum absolute atomic E-state index is 0.0989. The van der Waals surface area contributed by atoms with Gasteiger partial charge in [0.05, 0.1) is 5.39 Å². The van der Waals surface area contributed by atoms with Crippen LogP contribution in [0, 0.1) is 19.8 Å². The molecule has 0 radical (unpaired) electrons. The van der Waals surface area contributed by atoms with Gasteiger partial charge in [-0.2, -0.15) is 0 Å². The molecule has 5 nitrogen and oxygen atoms in total. The zero-order chi connectivity index (χ0) is 14.2. The van der Waals surface area contributed by atoms with Gasteiger partial charge in [-0.15, -0.1) is 11.3 Å². The van der Waals surface area contributed by atoms with Gasteiger partial charge >= 0.3 is 0 Å². The Morgan fingerprint density at radius 3 is 2.63 bits per heavy atom. The van der Waals surface area contributed by atoms with Crippen LogP contribution >= 0.6 is 11.3 Å². The molecule has 3 N–H and O–H groups in total. The van der Waals surface area contributed by atoms with E-state index in [1.54, 1.807) is 11.3 Å². The fourth-order valence-corrected chi connectivity index (χ4v) is 2.98. The standard InChI is InChI=1S/C13H18N4OS/c1-6(2)10(11(14)18)17-12-9-7(3)5-19-13(9)16-8(4)15-12/h5-6,10H,1-4H3,(H2,14,18)(H,15,16,17). The highest BCUT2D eigenvalue weighted by atomic mass is 32.1. The van der Waals surface area contributed by atoms with Crippen LogP contribution in [0.3, 0.4) is 0 Å². The minimum atomic E-state index is -0.434. The summed E-state index contributed by atoms with van der Waals surface area (Å²) in [4.78, 5) is 21.3. The van der Waals surface area contributed by atoms with Crippen molar-refractivity contribution >= 4 is 33.3 Å². The first-order valence-corrected chi connectivity index (χ1v) is 7.06. The van der Waals surface area contributed by atoms with E-state index < -0.39 is 6.04 Å². The van der Waals surface area contributed by atoms with Gasteiger partial charge in [0.1, 0.15) is 22.5 Å². The van der Waals surface area contributed by atoms with Crippen LogP contribution in [-0.2, 0) is 4.79 Å². The summed E-state index contributed by atoms with van der Waals surface area (Å²) in [6.45, 7) is 7.76. The first kappa shape index (κ1) is 13.7. The van der Waals surface area contributed by atoms with Crippen molar-refractivity contribution in [2.45, 2.75) is 33.7 Å². The summed E-state index contributed by atoms with van der Waals surface area (Å²) in [7, 11) is 0. The number of nitrogens with one attached hydrogen (secondary N) is 1. The van der Waals surface area contributed by atoms with Crippen molar-refractivity contribution in [3.8, 4) is 0 Å². The Hall–Kier alpha value is -1.69. The largest absolute Gasteiger partial charge is 0.368 e. The smallest absolute Gasteiger partial charge is 0.240 e. The lowest BCUT2D eigenvalue weighted by Gasteiger charge is -2.20. The zero-order valence-corrected chi connectivity index (χ0v) is 12.3. The molecule has 102 valence electrons. The molecule has 1 atom stereocenters. The average Bonchev–Trinajstić information content (AvgIpc) is 2.66. The Labute approximate surface area is 116 Å². The van der Waals surface area contributed by atoms with Crippen LogP contribution < -0.4 is 11.1 Å². The molecule has 2 aromatic rings. The van der Waals surface area contributed by atoms with Crippen LogP contribution in [0.5, 0.6) is 0 Å². The van der Waals surface area contributed by atoms with Gasteiger partial charge in [0, 0.05) is 0 Å². The Bertz CT molecular complexity index is 620. The Balaban J connectivity index is 2.49. The third kappa shape index (κ3) is 2.68. The first-order chi connectivity index (χ1) is 8.90. The lowest BCUT2D eigenvalue weighted by atomic mass is 10.0. The number of nitrogens with two attached hydrogens (primary N) is 1. The van der Waals surface area contributed by atoms with Gasteiger partial charge in [0.15, 0.2) is 0 Å². The van der Waals surface area contributed by atoms with Gasteiger partial charge in [-0.05, 0) is 30.7 Å². The predicted octanol–water partition coefficient (Wildman–Crippen LogP) is 2.23. The maximum absolute atomic E-state index is 11.5. The molecule has 0 spiro atoms. The van der Waals surface area contributed by atoms with Crippen molar-refractivity contribution in [3.05, 3.63) is 16.8 Å². The Morgan fingerprint density at radius 2 is 2.05 bits per heavy atom. The number of thiophene rings is 1. The van der Waals surface area contributed by atoms with Crippen LogP contribution in [0.4, 0.5) is 5.82 Å². The van der Waals surface area contributed by atoms with Crippen LogP contribution in [0.15, 0.2) is 5.38 Å². The van der Waals surface area contributed by atoms with E-state index in [4.69, 9.17) is 5.73 Å². The van der Waals surface area contributed by atoms with Crippen molar-refractivity contribution in [1.29, 1.82) is 0 Å². The number of carbonyl (C=O) groups is 1. The second-order valence-corrected chi connectivity index (χ2v) is 5.84. The monoisotopic (exact) mass is 278 g/mol. The first-order valence-electron chi connectivity index (χ1n) is 6.18. The van der Waals surface area contributed by atoms with Crippen LogP contribution in [0.2, 0.25) is 0 Å². The van der Waals surface area contributed by atoms with Crippen LogP contribution in [-0.4, -0.2) is 21.9 Å². The van der Waals surface area contributed by atoms with E-state index >= 15 is 0 Å². The summed E-state index contributed by atoms with van der Waals surface area (Å²) in [6, 6.07) is -0.434. The molecule has 0 bridgehead atoms. The normalized spacial score (nSPS) is 12.9. The second-order valence-electron chi connectivity index (χ2n) is 4.99. The number of nitrogens with zero attached hydrogens (tertiary/aromatic N) is 2. The number of fused-ring (bicyclic) bond motifs is 1. The molecular weight excluding hydrogens is 260 g/mol. The summed E-state index contributed by atoms with van der Waals surface area (Å²) in [5.41, 5.74) is 6.54. The molecule has 2 rings (SSSR count).